The number of anilines is 1. The normalized spacial score (nSPS) is 12.2. The molecule has 60 heavy (non-hydrogen) atoms. The van der Waals surface area contributed by atoms with Gasteiger partial charge in [0.2, 0.25) is 0 Å². The van der Waals surface area contributed by atoms with E-state index in [4.69, 9.17) is 4.74 Å². The predicted octanol–water partition coefficient (Wildman–Crippen LogP) is -0.961. The van der Waals surface area contributed by atoms with Crippen LogP contribution in [0.4, 0.5) is 5.69 Å². The fourth-order valence-electron chi connectivity index (χ4n) is 5.36. The van der Waals surface area contributed by atoms with Crippen molar-refractivity contribution >= 4 is 176 Å². The quantitative estimate of drug-likeness (QED) is 0.0247. The Kier molecular flexibility index (Phi) is 25.9. The molecule has 0 aliphatic heterocycles. The first-order valence-electron chi connectivity index (χ1n) is 17.4. The van der Waals surface area contributed by atoms with Crippen molar-refractivity contribution in [2.24, 2.45) is 0 Å². The highest BCUT2D eigenvalue weighted by Gasteiger charge is 2.40. The highest BCUT2D eigenvalue weighted by Crippen LogP contribution is 2.39. The van der Waals surface area contributed by atoms with Gasteiger partial charge in [0.15, 0.2) is 17.6 Å². The van der Waals surface area contributed by atoms with Crippen LogP contribution in [0.1, 0.15) is 51.8 Å². The molecule has 0 aromatic heterocycles. The zero-order chi connectivity index (χ0) is 45.4. The molecule has 0 saturated heterocycles. The molecule has 0 fully saturated rings. The number of carbonyl (C=O) groups is 6. The molecule has 2 unspecified atom stereocenters. The fourth-order valence-corrected chi connectivity index (χ4v) is 14.8. The number of hydrogen-bond acceptors (Lipinski definition) is 16. The molecular formula is C34H42I6N6O14. The first kappa shape index (κ1) is 55.8. The lowest BCUT2D eigenvalue weighted by atomic mass is 9.95. The summed E-state index contributed by atoms with van der Waals surface area (Å²) in [5.41, 5.74) is 1.83. The number of halogens is 6. The van der Waals surface area contributed by atoms with Gasteiger partial charge in [-0.1, -0.05) is 0 Å². The van der Waals surface area contributed by atoms with E-state index in [1.54, 1.807) is 136 Å². The Hall–Kier alpha value is -0.360. The molecule has 334 valence electrons. The van der Waals surface area contributed by atoms with Crippen LogP contribution in [0, 0.1) is 21.4 Å². The zero-order valence-corrected chi connectivity index (χ0v) is 44.4. The van der Waals surface area contributed by atoms with Gasteiger partial charge in [-0.15, -0.1) is 0 Å². The maximum absolute atomic E-state index is 15.0. The molecule has 4 amide bonds. The highest BCUT2D eigenvalue weighted by atomic mass is 127. The van der Waals surface area contributed by atoms with E-state index in [-0.39, 0.29) is 81.1 Å². The van der Waals surface area contributed by atoms with Crippen LogP contribution in [0.15, 0.2) is 0 Å². The number of ketones is 2. The minimum atomic E-state index is -1.91. The summed E-state index contributed by atoms with van der Waals surface area (Å²) in [5.74, 6) is -5.01. The Balaban J connectivity index is 3.09. The van der Waals surface area contributed by atoms with Crippen LogP contribution in [-0.4, -0.2) is 181 Å². The summed E-state index contributed by atoms with van der Waals surface area (Å²) in [6.45, 7) is -5.56. The third-order valence-corrected chi connectivity index (χ3v) is 14.4. The SMILES string of the molecule is COCC(=O)c1c(I)c(C(=O)C(NCCO)C(=O)N(CCO)c2c(I)c(C(=O)NCCO)c(I)c(C(=O)NCCO)c2I)c(I)c(C(=O)N(CC(O)CO)NCCO)c1I. The second kappa shape index (κ2) is 27.8. The van der Waals surface area contributed by atoms with Crippen LogP contribution in [-0.2, 0) is 9.53 Å². The van der Waals surface area contributed by atoms with Crippen molar-refractivity contribution in [1.29, 1.82) is 0 Å². The summed E-state index contributed by atoms with van der Waals surface area (Å²) in [5, 5.41) is 77.0. The van der Waals surface area contributed by atoms with Gasteiger partial charge >= 0.3 is 0 Å². The van der Waals surface area contributed by atoms with Gasteiger partial charge in [-0.3, -0.25) is 39.1 Å². The Morgan fingerprint density at radius 3 is 1.58 bits per heavy atom. The largest absolute Gasteiger partial charge is 0.395 e. The summed E-state index contributed by atoms with van der Waals surface area (Å²) < 4.78 is 5.54. The lowest BCUT2D eigenvalue weighted by Gasteiger charge is -2.31. The first-order chi connectivity index (χ1) is 28.5. The summed E-state index contributed by atoms with van der Waals surface area (Å²) in [4.78, 5) is 86.1. The molecule has 26 heteroatoms. The van der Waals surface area contributed by atoms with Crippen molar-refractivity contribution in [3.63, 3.8) is 0 Å². The smallest absolute Gasteiger partial charge is 0.270 e. The number of amides is 4. The van der Waals surface area contributed by atoms with Crippen molar-refractivity contribution < 1.29 is 69.2 Å². The number of hydrazine groups is 1. The summed E-state index contributed by atoms with van der Waals surface area (Å²) in [6, 6.07) is -1.91. The van der Waals surface area contributed by atoms with E-state index in [1.165, 1.54) is 7.11 Å². The third-order valence-electron chi connectivity index (χ3n) is 7.97. The van der Waals surface area contributed by atoms with Crippen LogP contribution in [0.3, 0.4) is 0 Å². The molecule has 11 N–H and O–H groups in total. The number of aliphatic hydroxyl groups is 7. The Bertz CT molecular complexity index is 1860. The minimum Gasteiger partial charge on any atom is -0.395 e. The molecule has 2 rings (SSSR count). The topological polar surface area (TPSA) is 308 Å². The van der Waals surface area contributed by atoms with E-state index in [1.807, 2.05) is 0 Å². The number of aliphatic hydroxyl groups excluding tert-OH is 7. The van der Waals surface area contributed by atoms with Crippen LogP contribution >= 0.6 is 136 Å². The Morgan fingerprint density at radius 2 is 1.12 bits per heavy atom. The number of carbonyl (C=O) groups excluding carboxylic acids is 6. The molecule has 20 nitrogen and oxygen atoms in total. The molecule has 0 heterocycles. The molecule has 0 radical (unpaired) electrons. The van der Waals surface area contributed by atoms with Gasteiger partial charge < -0.3 is 56.0 Å². The molecular weight excluding hydrogens is 1480 g/mol. The molecule has 2 aromatic carbocycles. The number of Topliss-reactive ketones (excluding diaryl/α,β-unsaturated/α-hetero) is 2. The number of rotatable bonds is 25. The van der Waals surface area contributed by atoms with Gasteiger partial charge in [0, 0.05) is 65.2 Å². The summed E-state index contributed by atoms with van der Waals surface area (Å²) in [6.07, 6.45) is -1.44. The number of benzene rings is 2. The highest BCUT2D eigenvalue weighted by molar-refractivity contribution is 14.1. The van der Waals surface area contributed by atoms with Crippen LogP contribution in [0.5, 0.6) is 0 Å². The van der Waals surface area contributed by atoms with E-state index in [2.05, 4.69) is 21.4 Å². The van der Waals surface area contributed by atoms with Gasteiger partial charge in [0.1, 0.15) is 6.61 Å². The molecule has 0 bridgehead atoms. The molecule has 2 atom stereocenters. The number of methoxy groups -OCH3 is 1. The van der Waals surface area contributed by atoms with Gasteiger partial charge in [0.05, 0.1) is 81.8 Å². The van der Waals surface area contributed by atoms with Crippen molar-refractivity contribution in [2.45, 2.75) is 12.1 Å². The first-order valence-corrected chi connectivity index (χ1v) is 23.9. The monoisotopic (exact) mass is 1520 g/mol. The summed E-state index contributed by atoms with van der Waals surface area (Å²) in [7, 11) is 1.26. The summed E-state index contributed by atoms with van der Waals surface area (Å²) >= 11 is 10.6. The molecule has 0 aliphatic rings. The number of hydrogen-bond donors (Lipinski definition) is 11. The van der Waals surface area contributed by atoms with Crippen LogP contribution in [0.2, 0.25) is 0 Å². The van der Waals surface area contributed by atoms with Gasteiger partial charge in [-0.05, 0) is 136 Å². The zero-order valence-electron chi connectivity index (χ0n) is 31.5. The van der Waals surface area contributed by atoms with Crippen LogP contribution < -0.4 is 26.3 Å². The van der Waals surface area contributed by atoms with Crippen molar-refractivity contribution in [3.8, 4) is 0 Å². The van der Waals surface area contributed by atoms with E-state index >= 15 is 4.79 Å². The average molecular weight is 1520 g/mol. The molecule has 0 aliphatic carbocycles. The lowest BCUT2D eigenvalue weighted by Crippen LogP contribution is -2.53. The molecule has 2 aromatic rings. The van der Waals surface area contributed by atoms with E-state index < -0.39 is 107 Å². The average Bonchev–Trinajstić information content (AvgIpc) is 3.20. The van der Waals surface area contributed by atoms with E-state index in [0.29, 0.717) is 0 Å². The van der Waals surface area contributed by atoms with Gasteiger partial charge in [0.25, 0.3) is 23.6 Å². The Morgan fingerprint density at radius 1 is 0.633 bits per heavy atom. The van der Waals surface area contributed by atoms with E-state index in [9.17, 15) is 59.7 Å². The second-order valence-corrected chi connectivity index (χ2v) is 18.5. The number of nitrogens with zero attached hydrogens (tertiary/aromatic N) is 2. The lowest BCUT2D eigenvalue weighted by molar-refractivity contribution is -0.119. The van der Waals surface area contributed by atoms with Gasteiger partial charge in [-0.25, -0.2) is 5.43 Å². The maximum Gasteiger partial charge on any atom is 0.270 e. The fraction of sp³-hybridized carbons (Fsp3) is 0.471. The predicted molar refractivity (Wildman–Crippen MR) is 266 cm³/mol. The Labute approximate surface area is 425 Å². The van der Waals surface area contributed by atoms with Crippen molar-refractivity contribution in [2.75, 3.05) is 97.5 Å². The third kappa shape index (κ3) is 13.8. The van der Waals surface area contributed by atoms with Crippen LogP contribution in [0.25, 0.3) is 0 Å². The molecule has 0 saturated carbocycles. The van der Waals surface area contributed by atoms with Crippen molar-refractivity contribution in [3.05, 3.63) is 49.2 Å². The van der Waals surface area contributed by atoms with Crippen molar-refractivity contribution in [1.82, 2.24) is 26.4 Å². The number of nitrogens with one attached hydrogen (secondary N) is 4. The minimum absolute atomic E-state index is 0.0247. The maximum atomic E-state index is 15.0. The second-order valence-electron chi connectivity index (χ2n) is 12.0. The molecule has 0 spiro atoms. The van der Waals surface area contributed by atoms with E-state index in [0.717, 1.165) is 9.91 Å². The van der Waals surface area contributed by atoms with Gasteiger partial charge in [-0.2, -0.15) is 0 Å². The number of ether oxygens (including phenoxy) is 1. The standard InChI is InChI=1S/C34H42I6N6O14/c1-60-14-16(54)17-22(35)18(24(37)21(23(17)36)33(58)46(44-5-10-50)12-15(53)13-52)30(55)28(41-2-7-47)34(59)45(6-11-51)29-26(39)19(31(56)42-3-8-48)25(38)20(27(29)40)32(57)43-4-9-49/h15,28,41,44,47-53H,2-14H2,1H3,(H,42,56)(H,43,57).